The third-order valence-corrected chi connectivity index (χ3v) is 3.33. The third kappa shape index (κ3) is 3.25. The standard InChI is InChI=1S/C12H26N2/c1-5-6-7-13-8-9-14(11(2)3)10-12(13)4/h11-12H,5-10H2,1-4H3. The van der Waals surface area contributed by atoms with E-state index in [4.69, 9.17) is 0 Å². The molecule has 0 aromatic rings. The fraction of sp³-hybridized carbons (Fsp3) is 1.00. The van der Waals surface area contributed by atoms with Crippen molar-refractivity contribution in [2.24, 2.45) is 0 Å². The topological polar surface area (TPSA) is 6.48 Å². The maximum absolute atomic E-state index is 2.64. The van der Waals surface area contributed by atoms with Gasteiger partial charge in [0.05, 0.1) is 0 Å². The summed E-state index contributed by atoms with van der Waals surface area (Å²) < 4.78 is 0. The number of hydrogen-bond acceptors (Lipinski definition) is 2. The second-order valence-electron chi connectivity index (χ2n) is 4.83. The third-order valence-electron chi connectivity index (χ3n) is 3.33. The van der Waals surface area contributed by atoms with Gasteiger partial charge in [0.2, 0.25) is 0 Å². The Morgan fingerprint density at radius 3 is 2.50 bits per heavy atom. The molecule has 0 N–H and O–H groups in total. The first-order valence-corrected chi connectivity index (χ1v) is 6.13. The molecule has 0 aromatic heterocycles. The van der Waals surface area contributed by atoms with Crippen LogP contribution < -0.4 is 0 Å². The van der Waals surface area contributed by atoms with Gasteiger partial charge in [-0.1, -0.05) is 13.3 Å². The summed E-state index contributed by atoms with van der Waals surface area (Å²) in [6, 6.07) is 1.46. The zero-order valence-corrected chi connectivity index (χ0v) is 10.3. The molecule has 0 spiro atoms. The average molecular weight is 198 g/mol. The molecule has 84 valence electrons. The lowest BCUT2D eigenvalue weighted by atomic mass is 10.1. The van der Waals surface area contributed by atoms with Crippen LogP contribution in [0.5, 0.6) is 0 Å². The van der Waals surface area contributed by atoms with Crippen LogP contribution >= 0.6 is 0 Å². The van der Waals surface area contributed by atoms with Gasteiger partial charge in [0.25, 0.3) is 0 Å². The summed E-state index contributed by atoms with van der Waals surface area (Å²) in [6.07, 6.45) is 2.67. The molecule has 14 heavy (non-hydrogen) atoms. The molecule has 1 rings (SSSR count). The second kappa shape index (κ2) is 5.72. The minimum atomic E-state index is 0.714. The maximum Gasteiger partial charge on any atom is 0.0195 e. The van der Waals surface area contributed by atoms with Gasteiger partial charge in [0.15, 0.2) is 0 Å². The summed E-state index contributed by atoms with van der Waals surface area (Å²) in [7, 11) is 0. The molecule has 1 unspecified atom stereocenters. The van der Waals surface area contributed by atoms with Crippen molar-refractivity contribution in [1.82, 2.24) is 9.80 Å². The fourth-order valence-electron chi connectivity index (χ4n) is 2.19. The van der Waals surface area contributed by atoms with Crippen LogP contribution in [-0.4, -0.2) is 48.1 Å². The highest BCUT2D eigenvalue weighted by Gasteiger charge is 2.23. The van der Waals surface area contributed by atoms with Crippen molar-refractivity contribution in [3.63, 3.8) is 0 Å². The van der Waals surface area contributed by atoms with Gasteiger partial charge in [0.1, 0.15) is 0 Å². The summed E-state index contributed by atoms with van der Waals surface area (Å²) in [6.45, 7) is 14.3. The van der Waals surface area contributed by atoms with E-state index in [1.807, 2.05) is 0 Å². The lowest BCUT2D eigenvalue weighted by molar-refractivity contribution is 0.0640. The van der Waals surface area contributed by atoms with Gasteiger partial charge in [-0.05, 0) is 33.7 Å². The van der Waals surface area contributed by atoms with Crippen LogP contribution in [0.2, 0.25) is 0 Å². The molecule has 1 fully saturated rings. The van der Waals surface area contributed by atoms with E-state index in [-0.39, 0.29) is 0 Å². The molecule has 0 aromatic carbocycles. The van der Waals surface area contributed by atoms with E-state index in [0.717, 1.165) is 6.04 Å². The first kappa shape index (κ1) is 12.0. The summed E-state index contributed by atoms with van der Waals surface area (Å²) in [5, 5.41) is 0. The molecule has 1 heterocycles. The first-order valence-electron chi connectivity index (χ1n) is 6.13. The van der Waals surface area contributed by atoms with Crippen LogP contribution in [0.25, 0.3) is 0 Å². The molecule has 1 atom stereocenters. The van der Waals surface area contributed by atoms with E-state index in [0.29, 0.717) is 6.04 Å². The molecule has 0 aliphatic carbocycles. The van der Waals surface area contributed by atoms with Gasteiger partial charge in [0, 0.05) is 31.7 Å². The molecule has 1 aliphatic heterocycles. The van der Waals surface area contributed by atoms with E-state index in [2.05, 4.69) is 37.5 Å². The van der Waals surface area contributed by atoms with Gasteiger partial charge < -0.3 is 0 Å². The van der Waals surface area contributed by atoms with Crippen molar-refractivity contribution in [2.45, 2.75) is 52.6 Å². The fourth-order valence-corrected chi connectivity index (χ4v) is 2.19. The molecule has 1 saturated heterocycles. The highest BCUT2D eigenvalue weighted by molar-refractivity contribution is 4.80. The van der Waals surface area contributed by atoms with Gasteiger partial charge >= 0.3 is 0 Å². The number of hydrogen-bond donors (Lipinski definition) is 0. The average Bonchev–Trinajstić information content (AvgIpc) is 2.15. The van der Waals surface area contributed by atoms with Crippen LogP contribution in [-0.2, 0) is 0 Å². The summed E-state index contributed by atoms with van der Waals surface area (Å²) in [4.78, 5) is 5.23. The van der Waals surface area contributed by atoms with Crippen molar-refractivity contribution in [3.8, 4) is 0 Å². The maximum atomic E-state index is 2.64. The second-order valence-corrected chi connectivity index (χ2v) is 4.83. The minimum absolute atomic E-state index is 0.714. The Labute approximate surface area is 89.3 Å². The smallest absolute Gasteiger partial charge is 0.0195 e. The Balaban J connectivity index is 2.32. The highest BCUT2D eigenvalue weighted by atomic mass is 15.3. The Morgan fingerprint density at radius 1 is 1.29 bits per heavy atom. The van der Waals surface area contributed by atoms with Crippen LogP contribution in [0, 0.1) is 0 Å². The minimum Gasteiger partial charge on any atom is -0.298 e. The van der Waals surface area contributed by atoms with E-state index in [1.54, 1.807) is 0 Å². The van der Waals surface area contributed by atoms with Gasteiger partial charge in [-0.3, -0.25) is 9.80 Å². The van der Waals surface area contributed by atoms with E-state index in [9.17, 15) is 0 Å². The van der Waals surface area contributed by atoms with Gasteiger partial charge in [-0.15, -0.1) is 0 Å². The van der Waals surface area contributed by atoms with Crippen molar-refractivity contribution < 1.29 is 0 Å². The molecular weight excluding hydrogens is 172 g/mol. The molecule has 0 saturated carbocycles. The molecule has 0 amide bonds. The molecule has 1 aliphatic rings. The van der Waals surface area contributed by atoms with Gasteiger partial charge in [-0.2, -0.15) is 0 Å². The predicted molar refractivity (Wildman–Crippen MR) is 62.7 cm³/mol. The van der Waals surface area contributed by atoms with E-state index < -0.39 is 0 Å². The van der Waals surface area contributed by atoms with Crippen LogP contribution in [0.1, 0.15) is 40.5 Å². The van der Waals surface area contributed by atoms with Crippen molar-refractivity contribution in [1.29, 1.82) is 0 Å². The van der Waals surface area contributed by atoms with E-state index in [1.165, 1.54) is 39.0 Å². The Bertz CT molecular complexity index is 156. The lowest BCUT2D eigenvalue weighted by Gasteiger charge is -2.41. The van der Waals surface area contributed by atoms with Crippen LogP contribution in [0.4, 0.5) is 0 Å². The molecule has 2 heteroatoms. The Hall–Kier alpha value is -0.0800. The van der Waals surface area contributed by atoms with Crippen molar-refractivity contribution in [3.05, 3.63) is 0 Å². The first-order chi connectivity index (χ1) is 6.65. The van der Waals surface area contributed by atoms with E-state index >= 15 is 0 Å². The summed E-state index contributed by atoms with van der Waals surface area (Å²) in [5.74, 6) is 0. The molecule has 0 bridgehead atoms. The highest BCUT2D eigenvalue weighted by Crippen LogP contribution is 2.12. The monoisotopic (exact) mass is 198 g/mol. The Kier molecular flexibility index (Phi) is 4.90. The SMILES string of the molecule is CCCCN1CCN(C(C)C)CC1C. The molecule has 0 radical (unpaired) electrons. The predicted octanol–water partition coefficient (Wildman–Crippen LogP) is 2.20. The number of nitrogens with zero attached hydrogens (tertiary/aromatic N) is 2. The van der Waals surface area contributed by atoms with Crippen LogP contribution in [0.15, 0.2) is 0 Å². The quantitative estimate of drug-likeness (QED) is 0.683. The number of rotatable bonds is 4. The van der Waals surface area contributed by atoms with Crippen molar-refractivity contribution >= 4 is 0 Å². The summed E-state index contributed by atoms with van der Waals surface area (Å²) >= 11 is 0. The summed E-state index contributed by atoms with van der Waals surface area (Å²) in [5.41, 5.74) is 0. The number of piperazine rings is 1. The van der Waals surface area contributed by atoms with Gasteiger partial charge in [-0.25, -0.2) is 0 Å². The largest absolute Gasteiger partial charge is 0.298 e. The van der Waals surface area contributed by atoms with Crippen molar-refractivity contribution in [2.75, 3.05) is 26.2 Å². The molecule has 2 nitrogen and oxygen atoms in total. The zero-order chi connectivity index (χ0) is 10.6. The number of unbranched alkanes of at least 4 members (excludes halogenated alkanes) is 1. The lowest BCUT2D eigenvalue weighted by Crippen LogP contribution is -2.53. The zero-order valence-electron chi connectivity index (χ0n) is 10.3. The van der Waals surface area contributed by atoms with Crippen LogP contribution in [0.3, 0.4) is 0 Å². The normalized spacial score (nSPS) is 25.9. The molecular formula is C12H26N2. The Morgan fingerprint density at radius 2 is 2.00 bits per heavy atom.